The normalized spacial score (nSPS) is 10.3. The van der Waals surface area contributed by atoms with Crippen LogP contribution < -0.4 is 10.1 Å². The lowest BCUT2D eigenvalue weighted by Gasteiger charge is -2.09. The summed E-state index contributed by atoms with van der Waals surface area (Å²) < 4.78 is 6.84. The molecule has 3 rings (SSSR count). The number of hydrogen-bond acceptors (Lipinski definition) is 2. The highest BCUT2D eigenvalue weighted by atomic mass is 127. The van der Waals surface area contributed by atoms with Crippen molar-refractivity contribution in [1.82, 2.24) is 0 Å². The van der Waals surface area contributed by atoms with E-state index in [9.17, 15) is 4.79 Å². The van der Waals surface area contributed by atoms with Crippen LogP contribution in [-0.4, -0.2) is 12.5 Å². The van der Waals surface area contributed by atoms with Gasteiger partial charge in [-0.3, -0.25) is 4.79 Å². The van der Waals surface area contributed by atoms with Crippen molar-refractivity contribution >= 4 is 34.2 Å². The van der Waals surface area contributed by atoms with Gasteiger partial charge in [0, 0.05) is 27.3 Å². The molecule has 4 heteroatoms. The standard InChI is InChI=1S/C21H18INO2/c22-18-9-4-8-17(14-18)21(24)23-19-10-5-11-20(15-19)25-13-12-16-6-2-1-3-7-16/h1-11,14-15H,12-13H2,(H,23,24). The molecule has 126 valence electrons. The zero-order valence-electron chi connectivity index (χ0n) is 13.6. The Morgan fingerprint density at radius 3 is 2.52 bits per heavy atom. The zero-order valence-corrected chi connectivity index (χ0v) is 15.8. The third-order valence-corrected chi connectivity index (χ3v) is 4.35. The lowest BCUT2D eigenvalue weighted by atomic mass is 10.2. The molecule has 1 amide bonds. The number of benzene rings is 3. The van der Waals surface area contributed by atoms with E-state index in [1.165, 1.54) is 5.56 Å². The van der Waals surface area contributed by atoms with Crippen molar-refractivity contribution in [2.24, 2.45) is 0 Å². The SMILES string of the molecule is O=C(Nc1cccc(OCCc2ccccc2)c1)c1cccc(I)c1. The van der Waals surface area contributed by atoms with E-state index in [1.54, 1.807) is 6.07 Å². The topological polar surface area (TPSA) is 38.3 Å². The lowest BCUT2D eigenvalue weighted by Crippen LogP contribution is -2.12. The van der Waals surface area contributed by atoms with Crippen LogP contribution in [0.25, 0.3) is 0 Å². The molecule has 0 unspecified atom stereocenters. The summed E-state index contributed by atoms with van der Waals surface area (Å²) in [6.07, 6.45) is 0.847. The van der Waals surface area contributed by atoms with Crippen molar-refractivity contribution in [3.8, 4) is 5.75 Å². The van der Waals surface area contributed by atoms with Gasteiger partial charge < -0.3 is 10.1 Å². The van der Waals surface area contributed by atoms with Crippen LogP contribution in [0.4, 0.5) is 5.69 Å². The maximum absolute atomic E-state index is 12.3. The highest BCUT2D eigenvalue weighted by molar-refractivity contribution is 14.1. The van der Waals surface area contributed by atoms with Crippen LogP contribution in [0.15, 0.2) is 78.9 Å². The van der Waals surface area contributed by atoms with Crippen molar-refractivity contribution in [2.45, 2.75) is 6.42 Å². The van der Waals surface area contributed by atoms with Gasteiger partial charge in [-0.2, -0.15) is 0 Å². The first-order valence-corrected chi connectivity index (χ1v) is 9.12. The molecule has 0 aliphatic carbocycles. The van der Waals surface area contributed by atoms with Gasteiger partial charge >= 0.3 is 0 Å². The third-order valence-electron chi connectivity index (χ3n) is 3.68. The van der Waals surface area contributed by atoms with Crippen LogP contribution in [0.2, 0.25) is 0 Å². The fourth-order valence-corrected chi connectivity index (χ4v) is 2.97. The Bertz CT molecular complexity index is 849. The first-order chi connectivity index (χ1) is 12.2. The molecule has 0 bridgehead atoms. The highest BCUT2D eigenvalue weighted by Gasteiger charge is 2.07. The molecule has 0 spiro atoms. The monoisotopic (exact) mass is 443 g/mol. The number of amides is 1. The molecule has 0 saturated carbocycles. The van der Waals surface area contributed by atoms with Gasteiger partial charge in [0.15, 0.2) is 0 Å². The molecule has 0 aromatic heterocycles. The summed E-state index contributed by atoms with van der Waals surface area (Å²) in [5.41, 5.74) is 2.61. The van der Waals surface area contributed by atoms with Crippen molar-refractivity contribution in [3.05, 3.63) is 93.6 Å². The van der Waals surface area contributed by atoms with E-state index in [4.69, 9.17) is 4.74 Å². The predicted molar refractivity (Wildman–Crippen MR) is 109 cm³/mol. The van der Waals surface area contributed by atoms with Crippen LogP contribution in [0.1, 0.15) is 15.9 Å². The highest BCUT2D eigenvalue weighted by Crippen LogP contribution is 2.19. The minimum absolute atomic E-state index is 0.125. The number of hydrogen-bond donors (Lipinski definition) is 1. The third kappa shape index (κ3) is 5.32. The Labute approximate surface area is 161 Å². The van der Waals surface area contributed by atoms with E-state index < -0.39 is 0 Å². The molecule has 0 saturated heterocycles. The molecule has 0 heterocycles. The number of rotatable bonds is 6. The Morgan fingerprint density at radius 2 is 1.72 bits per heavy atom. The van der Waals surface area contributed by atoms with E-state index in [0.717, 1.165) is 21.4 Å². The zero-order chi connectivity index (χ0) is 17.5. The van der Waals surface area contributed by atoms with Gasteiger partial charge in [0.25, 0.3) is 5.91 Å². The van der Waals surface area contributed by atoms with Crippen molar-refractivity contribution < 1.29 is 9.53 Å². The smallest absolute Gasteiger partial charge is 0.255 e. The number of nitrogens with one attached hydrogen (secondary N) is 1. The summed E-state index contributed by atoms with van der Waals surface area (Å²) in [6.45, 7) is 0.596. The lowest BCUT2D eigenvalue weighted by molar-refractivity contribution is 0.102. The fraction of sp³-hybridized carbons (Fsp3) is 0.0952. The van der Waals surface area contributed by atoms with Gasteiger partial charge in [0.1, 0.15) is 5.75 Å². The molecule has 0 radical (unpaired) electrons. The van der Waals surface area contributed by atoms with E-state index >= 15 is 0 Å². The molecule has 25 heavy (non-hydrogen) atoms. The van der Waals surface area contributed by atoms with Crippen LogP contribution in [0.5, 0.6) is 5.75 Å². The Balaban J connectivity index is 1.58. The number of anilines is 1. The summed E-state index contributed by atoms with van der Waals surface area (Å²) in [5.74, 6) is 0.622. The number of halogens is 1. The Morgan fingerprint density at radius 1 is 0.920 bits per heavy atom. The van der Waals surface area contributed by atoms with E-state index in [-0.39, 0.29) is 5.91 Å². The molecule has 3 aromatic rings. The Kier molecular flexibility index (Phi) is 6.06. The van der Waals surface area contributed by atoms with E-state index in [1.807, 2.05) is 60.7 Å². The van der Waals surface area contributed by atoms with E-state index in [2.05, 4.69) is 40.0 Å². The summed E-state index contributed by atoms with van der Waals surface area (Å²) in [7, 11) is 0. The van der Waals surface area contributed by atoms with Crippen molar-refractivity contribution in [1.29, 1.82) is 0 Å². The minimum Gasteiger partial charge on any atom is -0.493 e. The summed E-state index contributed by atoms with van der Waals surface area (Å²) in [4.78, 5) is 12.3. The quantitative estimate of drug-likeness (QED) is 0.535. The van der Waals surface area contributed by atoms with Crippen LogP contribution >= 0.6 is 22.6 Å². The van der Waals surface area contributed by atoms with Crippen molar-refractivity contribution in [3.63, 3.8) is 0 Å². The minimum atomic E-state index is -0.125. The predicted octanol–water partition coefficient (Wildman–Crippen LogP) is 5.17. The summed E-state index contributed by atoms with van der Waals surface area (Å²) >= 11 is 2.20. The molecule has 0 atom stereocenters. The van der Waals surface area contributed by atoms with Gasteiger partial charge in [-0.15, -0.1) is 0 Å². The molecule has 1 N–H and O–H groups in total. The molecule has 3 nitrogen and oxygen atoms in total. The average molecular weight is 443 g/mol. The molecule has 3 aromatic carbocycles. The average Bonchev–Trinajstić information content (AvgIpc) is 2.63. The van der Waals surface area contributed by atoms with Gasteiger partial charge in [-0.05, 0) is 58.5 Å². The van der Waals surface area contributed by atoms with Gasteiger partial charge in [0.2, 0.25) is 0 Å². The van der Waals surface area contributed by atoms with Gasteiger partial charge in [-0.1, -0.05) is 42.5 Å². The van der Waals surface area contributed by atoms with Gasteiger partial charge in [-0.25, -0.2) is 0 Å². The van der Waals surface area contributed by atoms with E-state index in [0.29, 0.717) is 12.2 Å². The first-order valence-electron chi connectivity index (χ1n) is 8.04. The fourth-order valence-electron chi connectivity index (χ4n) is 2.43. The van der Waals surface area contributed by atoms with Crippen LogP contribution in [0.3, 0.4) is 0 Å². The number of carbonyl (C=O) groups is 1. The first kappa shape index (κ1) is 17.5. The maximum atomic E-state index is 12.3. The largest absolute Gasteiger partial charge is 0.493 e. The van der Waals surface area contributed by atoms with Crippen molar-refractivity contribution in [2.75, 3.05) is 11.9 Å². The van der Waals surface area contributed by atoms with Crippen LogP contribution in [-0.2, 0) is 6.42 Å². The Hall–Kier alpha value is -2.34. The molecule has 0 aliphatic heterocycles. The summed E-state index contributed by atoms with van der Waals surface area (Å²) in [5, 5.41) is 2.91. The summed E-state index contributed by atoms with van der Waals surface area (Å²) in [6, 6.07) is 25.2. The molecular formula is C21H18INO2. The number of ether oxygens (including phenoxy) is 1. The maximum Gasteiger partial charge on any atom is 0.255 e. The second-order valence-corrected chi connectivity index (χ2v) is 6.82. The second-order valence-electron chi connectivity index (χ2n) is 5.58. The molecule has 0 fully saturated rings. The number of carbonyl (C=O) groups excluding carboxylic acids is 1. The molecular weight excluding hydrogens is 425 g/mol. The van der Waals surface area contributed by atoms with Gasteiger partial charge in [0.05, 0.1) is 6.61 Å². The molecule has 0 aliphatic rings. The second kappa shape index (κ2) is 8.67. The van der Waals surface area contributed by atoms with Crippen LogP contribution in [0, 0.1) is 3.57 Å².